The van der Waals surface area contributed by atoms with Gasteiger partial charge in [0.05, 0.1) is 6.61 Å². The normalized spacial score (nSPS) is 24.2. The molecule has 3 aliphatic heterocycles. The Balaban J connectivity index is 1.49. The maximum absolute atomic E-state index is 13.1. The zero-order chi connectivity index (χ0) is 23.7. The number of epoxide rings is 1. The van der Waals surface area contributed by atoms with Gasteiger partial charge in [-0.1, -0.05) is 30.3 Å². The summed E-state index contributed by atoms with van der Waals surface area (Å²) in [5.74, 6) is -3.29. The van der Waals surface area contributed by atoms with Gasteiger partial charge in [0.25, 0.3) is 11.8 Å². The van der Waals surface area contributed by atoms with Crippen LogP contribution in [0.2, 0.25) is 0 Å². The van der Waals surface area contributed by atoms with Crippen LogP contribution in [0.15, 0.2) is 41.6 Å². The molecule has 0 aliphatic carbocycles. The molecule has 33 heavy (non-hydrogen) atoms. The molecule has 1 aromatic rings. The van der Waals surface area contributed by atoms with Crippen LogP contribution in [0.1, 0.15) is 18.5 Å². The van der Waals surface area contributed by atoms with E-state index in [-0.39, 0.29) is 24.7 Å². The minimum atomic E-state index is -1.32. The van der Waals surface area contributed by atoms with E-state index < -0.39 is 53.2 Å². The summed E-state index contributed by atoms with van der Waals surface area (Å²) in [6.07, 6.45) is -0.599. The van der Waals surface area contributed by atoms with Gasteiger partial charge in [0.1, 0.15) is 29.8 Å². The van der Waals surface area contributed by atoms with Crippen molar-refractivity contribution in [3.63, 3.8) is 0 Å². The number of ether oxygens (including phenoxy) is 2. The first kappa shape index (κ1) is 22.8. The molecule has 4 rings (SSSR count). The number of rotatable bonds is 8. The van der Waals surface area contributed by atoms with Crippen LogP contribution < -0.4 is 10.6 Å². The Morgan fingerprint density at radius 3 is 2.58 bits per heavy atom. The summed E-state index contributed by atoms with van der Waals surface area (Å²) in [4.78, 5) is 62.1. The van der Waals surface area contributed by atoms with Crippen molar-refractivity contribution in [1.82, 2.24) is 15.5 Å². The van der Waals surface area contributed by atoms with E-state index in [9.17, 15) is 29.1 Å². The average molecular weight is 475 g/mol. The first-order chi connectivity index (χ1) is 15.8. The second-order valence-corrected chi connectivity index (χ2v) is 8.71. The quantitative estimate of drug-likeness (QED) is 0.257. The lowest BCUT2D eigenvalue weighted by atomic mass is 10.0. The van der Waals surface area contributed by atoms with Crippen LogP contribution in [0.5, 0.6) is 0 Å². The maximum atomic E-state index is 13.1. The molecule has 2 saturated heterocycles. The second-order valence-electron chi connectivity index (χ2n) is 7.61. The van der Waals surface area contributed by atoms with Crippen LogP contribution in [-0.2, 0) is 33.4 Å². The first-order valence-corrected chi connectivity index (χ1v) is 11.1. The van der Waals surface area contributed by atoms with Gasteiger partial charge in [-0.05, 0) is 5.56 Å². The molecule has 0 radical (unpaired) electrons. The number of thioether (sulfide) groups is 1. The minimum absolute atomic E-state index is 0.216. The van der Waals surface area contributed by atoms with E-state index in [1.165, 1.54) is 18.7 Å². The first-order valence-electron chi connectivity index (χ1n) is 10.1. The molecule has 1 aromatic carbocycles. The van der Waals surface area contributed by atoms with Crippen LogP contribution in [0, 0.1) is 0 Å². The molecule has 3 amide bonds. The zero-order valence-electron chi connectivity index (χ0n) is 17.5. The van der Waals surface area contributed by atoms with E-state index in [0.717, 1.165) is 4.90 Å². The molecule has 0 spiro atoms. The fraction of sp³-hybridized carbons (Fsp3) is 0.381. The lowest BCUT2D eigenvalue weighted by molar-refractivity contribution is -0.151. The van der Waals surface area contributed by atoms with Crippen molar-refractivity contribution in [2.75, 3.05) is 19.0 Å². The molecule has 2 fully saturated rings. The number of esters is 1. The summed E-state index contributed by atoms with van der Waals surface area (Å²) in [5, 5.41) is 14.3. The van der Waals surface area contributed by atoms with Crippen molar-refractivity contribution in [2.24, 2.45) is 0 Å². The smallest absolute Gasteiger partial charge is 0.352 e. The van der Waals surface area contributed by atoms with Gasteiger partial charge in [0, 0.05) is 18.2 Å². The monoisotopic (exact) mass is 475 g/mol. The Kier molecular flexibility index (Phi) is 6.38. The zero-order valence-corrected chi connectivity index (χ0v) is 18.3. The van der Waals surface area contributed by atoms with E-state index >= 15 is 0 Å². The van der Waals surface area contributed by atoms with Crippen molar-refractivity contribution in [3.05, 3.63) is 47.2 Å². The number of hydrogen-bond acceptors (Lipinski definition) is 8. The number of nitrogens with one attached hydrogen (secondary N) is 2. The molecule has 0 aromatic heterocycles. The molecule has 12 heteroatoms. The van der Waals surface area contributed by atoms with Gasteiger partial charge in [0.2, 0.25) is 5.91 Å². The summed E-state index contributed by atoms with van der Waals surface area (Å²) in [7, 11) is 0. The van der Waals surface area contributed by atoms with Gasteiger partial charge in [-0.2, -0.15) is 0 Å². The Hall–Kier alpha value is -3.38. The van der Waals surface area contributed by atoms with Crippen LogP contribution in [-0.4, -0.2) is 76.2 Å². The summed E-state index contributed by atoms with van der Waals surface area (Å²) < 4.78 is 9.87. The number of hydrogen-bond donors (Lipinski definition) is 3. The molecule has 174 valence electrons. The van der Waals surface area contributed by atoms with Crippen molar-refractivity contribution in [3.8, 4) is 0 Å². The van der Waals surface area contributed by atoms with E-state index in [2.05, 4.69) is 10.6 Å². The van der Waals surface area contributed by atoms with Crippen molar-refractivity contribution in [1.29, 1.82) is 0 Å². The molecule has 4 atom stereocenters. The number of carboxylic acids is 1. The number of carbonyl (C=O) groups is 5. The second kappa shape index (κ2) is 9.24. The Bertz CT molecular complexity index is 1040. The Labute approximate surface area is 192 Å². The van der Waals surface area contributed by atoms with Crippen molar-refractivity contribution in [2.45, 2.75) is 30.5 Å². The highest BCUT2D eigenvalue weighted by Crippen LogP contribution is 2.40. The third-order valence-corrected chi connectivity index (χ3v) is 6.64. The largest absolute Gasteiger partial charge is 0.477 e. The molecule has 3 aliphatic rings. The van der Waals surface area contributed by atoms with Gasteiger partial charge in [-0.15, -0.1) is 11.8 Å². The van der Waals surface area contributed by atoms with Crippen LogP contribution in [0.3, 0.4) is 0 Å². The van der Waals surface area contributed by atoms with Gasteiger partial charge in [-0.3, -0.25) is 24.1 Å². The topological polar surface area (TPSA) is 155 Å². The third-order valence-electron chi connectivity index (χ3n) is 5.30. The number of nitrogens with zero attached hydrogens (tertiary/aromatic N) is 1. The summed E-state index contributed by atoms with van der Waals surface area (Å²) in [6, 6.07) is 6.54. The number of β-lactam (4-membered cyclic amide) rings is 1. The van der Waals surface area contributed by atoms with E-state index in [0.29, 0.717) is 11.1 Å². The molecule has 3 heterocycles. The average Bonchev–Trinajstić information content (AvgIpc) is 3.64. The summed E-state index contributed by atoms with van der Waals surface area (Å²) in [6.45, 7) is 1.25. The Morgan fingerprint density at radius 1 is 1.27 bits per heavy atom. The van der Waals surface area contributed by atoms with Crippen LogP contribution >= 0.6 is 11.8 Å². The van der Waals surface area contributed by atoms with Crippen LogP contribution in [0.25, 0.3) is 0 Å². The van der Waals surface area contributed by atoms with Gasteiger partial charge >= 0.3 is 11.9 Å². The lowest BCUT2D eigenvalue weighted by Crippen LogP contribution is -2.71. The summed E-state index contributed by atoms with van der Waals surface area (Å²) >= 11 is 1.25. The summed E-state index contributed by atoms with van der Waals surface area (Å²) in [5.41, 5.74) is 0.587. The van der Waals surface area contributed by atoms with E-state index in [1.54, 1.807) is 30.3 Å². The van der Waals surface area contributed by atoms with E-state index in [4.69, 9.17) is 9.47 Å². The van der Waals surface area contributed by atoms with Crippen LogP contribution in [0.4, 0.5) is 0 Å². The highest BCUT2D eigenvalue weighted by Gasteiger charge is 2.54. The highest BCUT2D eigenvalue weighted by atomic mass is 32.2. The fourth-order valence-electron chi connectivity index (χ4n) is 3.60. The SMILES string of the molecule is CC(=O)OCC1=C(C(=O)O)N2C(=O)[C@@H](NC(=O)C(NC(=O)C3CO3)c3ccccc3)[C@H]2SC1. The van der Waals surface area contributed by atoms with Gasteiger partial charge in [0.15, 0.2) is 6.10 Å². The predicted molar refractivity (Wildman–Crippen MR) is 113 cm³/mol. The van der Waals surface area contributed by atoms with Gasteiger partial charge < -0.3 is 25.2 Å². The number of carboxylic acid groups (broad SMARTS) is 1. The van der Waals surface area contributed by atoms with Gasteiger partial charge in [-0.25, -0.2) is 4.79 Å². The number of fused-ring (bicyclic) bond motifs is 1. The van der Waals surface area contributed by atoms with Crippen molar-refractivity contribution >= 4 is 41.4 Å². The Morgan fingerprint density at radius 2 is 1.97 bits per heavy atom. The standard InChI is InChI=1S/C21H21N3O8S/c1-10(25)31-7-12-9-33-20-15(19(28)24(20)16(12)21(29)30)23-18(27)14(11-5-3-2-4-6-11)22-17(26)13-8-32-13/h2-6,13-15,20H,7-9H2,1H3,(H,22,26)(H,23,27)(H,29,30)/t13?,14?,15-,20-/m1/s1. The van der Waals surface area contributed by atoms with Crippen molar-refractivity contribution < 1.29 is 38.6 Å². The molecule has 0 saturated carbocycles. The number of aliphatic carboxylic acids is 1. The molecular weight excluding hydrogens is 454 g/mol. The third kappa shape index (κ3) is 4.71. The number of amides is 3. The molecule has 2 unspecified atom stereocenters. The number of carbonyl (C=O) groups excluding carboxylic acids is 4. The fourth-order valence-corrected chi connectivity index (χ4v) is 4.93. The predicted octanol–water partition coefficient (Wildman–Crippen LogP) is -0.456. The number of benzene rings is 1. The molecule has 0 bridgehead atoms. The molecule has 11 nitrogen and oxygen atoms in total. The minimum Gasteiger partial charge on any atom is -0.477 e. The molecule has 3 N–H and O–H groups in total. The maximum Gasteiger partial charge on any atom is 0.352 e. The molecular formula is C21H21N3O8S. The lowest BCUT2D eigenvalue weighted by Gasteiger charge is -2.49. The van der Waals surface area contributed by atoms with E-state index in [1.807, 2.05) is 0 Å². The highest BCUT2D eigenvalue weighted by molar-refractivity contribution is 8.00.